The normalized spacial score (nSPS) is 19.0. The van der Waals surface area contributed by atoms with Crippen LogP contribution in [0.3, 0.4) is 0 Å². The average Bonchev–Trinajstić information content (AvgIpc) is 3.01. The molecule has 47 heavy (non-hydrogen) atoms. The zero-order valence-corrected chi connectivity index (χ0v) is 27.9. The number of nitrogens with zero attached hydrogens (tertiary/aromatic N) is 1. The molecule has 7 heteroatoms. The Morgan fingerprint density at radius 1 is 0.766 bits per heavy atom. The first-order valence-corrected chi connectivity index (χ1v) is 16.4. The number of hydrogen-bond donors (Lipinski definition) is 1. The van der Waals surface area contributed by atoms with Crippen LogP contribution in [0.25, 0.3) is 0 Å². The molecule has 244 valence electrons. The quantitative estimate of drug-likeness (QED) is 0.254. The zero-order chi connectivity index (χ0) is 33.5. The molecule has 1 aliphatic heterocycles. The maximum absolute atomic E-state index is 14.2. The fraction of sp³-hybridized carbons (Fsp3) is 0.375. The molecule has 0 bridgehead atoms. The fourth-order valence-corrected chi connectivity index (χ4v) is 7.33. The molecule has 1 N–H and O–H groups in total. The molecule has 1 heterocycles. The van der Waals surface area contributed by atoms with Crippen LogP contribution >= 0.6 is 0 Å². The summed E-state index contributed by atoms with van der Waals surface area (Å²) in [5, 5.41) is 9.22. The number of rotatable bonds is 9. The van der Waals surface area contributed by atoms with E-state index in [1.54, 1.807) is 24.3 Å². The summed E-state index contributed by atoms with van der Waals surface area (Å²) in [5.74, 6) is -0.214. The Labute approximate surface area is 276 Å². The summed E-state index contributed by atoms with van der Waals surface area (Å²) in [6, 6.07) is 22.6. The molecule has 0 saturated carbocycles. The lowest BCUT2D eigenvalue weighted by Gasteiger charge is -2.49. The summed E-state index contributed by atoms with van der Waals surface area (Å²) in [7, 11) is 0. The Balaban J connectivity index is 1.45. The van der Waals surface area contributed by atoms with Crippen molar-refractivity contribution in [2.24, 2.45) is 10.8 Å². The first-order chi connectivity index (χ1) is 22.4. The van der Waals surface area contributed by atoms with Gasteiger partial charge in [0.25, 0.3) is 0 Å². The third kappa shape index (κ3) is 6.62. The van der Waals surface area contributed by atoms with Gasteiger partial charge in [-0.15, -0.1) is 0 Å². The van der Waals surface area contributed by atoms with E-state index in [2.05, 4.69) is 44.7 Å². The minimum absolute atomic E-state index is 0.0894. The Morgan fingerprint density at radius 2 is 1.36 bits per heavy atom. The van der Waals surface area contributed by atoms with E-state index in [-0.39, 0.29) is 34.6 Å². The van der Waals surface area contributed by atoms with E-state index in [0.29, 0.717) is 37.5 Å². The summed E-state index contributed by atoms with van der Waals surface area (Å²) < 4.78 is 12.3. The second-order valence-corrected chi connectivity index (χ2v) is 14.5. The molecule has 3 aliphatic rings. The maximum Gasteiger partial charge on any atom is 0.335 e. The minimum atomic E-state index is -0.978. The van der Waals surface area contributed by atoms with E-state index in [9.17, 15) is 19.5 Å². The number of hydrogen-bond acceptors (Lipinski definition) is 6. The predicted octanol–water partition coefficient (Wildman–Crippen LogP) is 8.25. The largest absolute Gasteiger partial charge is 0.490 e. The molecule has 0 radical (unpaired) electrons. The summed E-state index contributed by atoms with van der Waals surface area (Å²) in [6.07, 6.45) is 2.32. The highest BCUT2D eigenvalue weighted by molar-refractivity contribution is 6.06. The number of carboxylic acids is 1. The van der Waals surface area contributed by atoms with Gasteiger partial charge >= 0.3 is 5.97 Å². The Hall–Kier alpha value is -4.65. The molecular weight excluding hydrogens is 590 g/mol. The molecule has 6 rings (SSSR count). The molecule has 0 amide bonds. The topological polar surface area (TPSA) is 93.1 Å². The summed E-state index contributed by atoms with van der Waals surface area (Å²) in [6.45, 7) is 11.7. The van der Waals surface area contributed by atoms with Crippen LogP contribution in [-0.4, -0.2) is 34.1 Å². The third-order valence-corrected chi connectivity index (χ3v) is 9.40. The molecule has 2 aliphatic carbocycles. The Bertz CT molecular complexity index is 1730. The highest BCUT2D eigenvalue weighted by atomic mass is 16.5. The molecule has 0 aromatic heterocycles. The highest BCUT2D eigenvalue weighted by Crippen LogP contribution is 2.55. The number of benzene rings is 3. The van der Waals surface area contributed by atoms with Crippen LogP contribution in [-0.2, 0) is 22.7 Å². The van der Waals surface area contributed by atoms with Gasteiger partial charge in [-0.2, -0.15) is 0 Å². The molecule has 0 atom stereocenters. The van der Waals surface area contributed by atoms with Crippen molar-refractivity contribution in [2.45, 2.75) is 79.4 Å². The standard InChI is InChI=1S/C40H43NO6/c1-6-46-34-18-28(16-17-33(34)47-24-26-12-14-27(15-13-26)38(44)45)35-36-29(19-39(2,3)21-31(36)42)41(23-25-10-8-7-9-11-25)30-20-40(4,5)22-32(43)37(30)35/h7-18,35H,6,19-24H2,1-5H3,(H,44,45). The first kappa shape index (κ1) is 32.3. The molecule has 0 saturated heterocycles. The van der Waals surface area contributed by atoms with Crippen molar-refractivity contribution >= 4 is 17.5 Å². The van der Waals surface area contributed by atoms with E-state index in [1.807, 2.05) is 43.3 Å². The van der Waals surface area contributed by atoms with Crippen molar-refractivity contribution < 1.29 is 29.0 Å². The van der Waals surface area contributed by atoms with Crippen LogP contribution in [0.4, 0.5) is 0 Å². The van der Waals surface area contributed by atoms with E-state index < -0.39 is 11.9 Å². The van der Waals surface area contributed by atoms with Gasteiger partial charge in [0.1, 0.15) is 6.61 Å². The van der Waals surface area contributed by atoms with Gasteiger partial charge in [-0.25, -0.2) is 4.79 Å². The van der Waals surface area contributed by atoms with Gasteiger partial charge in [0.2, 0.25) is 0 Å². The molecule has 0 fully saturated rings. The van der Waals surface area contributed by atoms with Crippen molar-refractivity contribution in [2.75, 3.05) is 6.61 Å². The van der Waals surface area contributed by atoms with Crippen LogP contribution in [0.1, 0.15) is 93.3 Å². The van der Waals surface area contributed by atoms with Crippen molar-refractivity contribution in [3.8, 4) is 11.5 Å². The van der Waals surface area contributed by atoms with Crippen LogP contribution in [0.5, 0.6) is 11.5 Å². The maximum atomic E-state index is 14.2. The van der Waals surface area contributed by atoms with E-state index in [1.165, 1.54) is 0 Å². The van der Waals surface area contributed by atoms with E-state index in [0.717, 1.165) is 52.1 Å². The highest BCUT2D eigenvalue weighted by Gasteiger charge is 2.49. The van der Waals surface area contributed by atoms with Gasteiger partial charge in [0, 0.05) is 47.8 Å². The van der Waals surface area contributed by atoms with Gasteiger partial charge in [-0.05, 0) is 71.6 Å². The average molecular weight is 634 g/mol. The first-order valence-electron chi connectivity index (χ1n) is 16.4. The van der Waals surface area contributed by atoms with Gasteiger partial charge in [-0.3, -0.25) is 9.59 Å². The van der Waals surface area contributed by atoms with Gasteiger partial charge in [-0.1, -0.05) is 76.2 Å². The number of carbonyl (C=O) groups excluding carboxylic acids is 2. The number of allylic oxidation sites excluding steroid dienone is 4. The number of Topliss-reactive ketones (excluding diaryl/α,β-unsaturated/α-hetero) is 2. The Kier molecular flexibility index (Phi) is 8.60. The number of ether oxygens (including phenoxy) is 2. The zero-order valence-electron chi connectivity index (χ0n) is 27.9. The molecule has 0 spiro atoms. The molecule has 0 unspecified atom stereocenters. The summed E-state index contributed by atoms with van der Waals surface area (Å²) >= 11 is 0. The molecule has 3 aromatic rings. The fourth-order valence-electron chi connectivity index (χ4n) is 7.33. The number of aromatic carboxylic acids is 1. The predicted molar refractivity (Wildman–Crippen MR) is 180 cm³/mol. The van der Waals surface area contributed by atoms with Crippen LogP contribution in [0, 0.1) is 10.8 Å². The minimum Gasteiger partial charge on any atom is -0.490 e. The lowest BCUT2D eigenvalue weighted by molar-refractivity contribution is -0.119. The second kappa shape index (κ2) is 12.5. The Morgan fingerprint density at radius 3 is 1.91 bits per heavy atom. The van der Waals surface area contributed by atoms with Crippen molar-refractivity contribution in [1.82, 2.24) is 4.90 Å². The molecular formula is C40H43NO6. The molecule has 3 aromatic carbocycles. The molecule has 7 nitrogen and oxygen atoms in total. The van der Waals surface area contributed by atoms with Gasteiger partial charge in [0.05, 0.1) is 12.2 Å². The lowest BCUT2D eigenvalue weighted by Crippen LogP contribution is -2.44. The SMILES string of the molecule is CCOc1cc(C2C3=C(CC(C)(C)CC3=O)N(Cc3ccccc3)C3=C2C(=O)CC(C)(C)C3)ccc1OCc1ccc(C(=O)O)cc1. The van der Waals surface area contributed by atoms with E-state index >= 15 is 0 Å². The number of carboxylic acid groups (broad SMARTS) is 1. The van der Waals surface area contributed by atoms with Crippen LogP contribution in [0.15, 0.2) is 95.3 Å². The lowest BCUT2D eigenvalue weighted by atomic mass is 9.63. The van der Waals surface area contributed by atoms with E-state index in [4.69, 9.17) is 9.47 Å². The van der Waals surface area contributed by atoms with Gasteiger partial charge < -0.3 is 19.5 Å². The van der Waals surface area contributed by atoms with Crippen molar-refractivity contribution in [3.63, 3.8) is 0 Å². The number of ketones is 2. The van der Waals surface area contributed by atoms with Crippen LogP contribution < -0.4 is 9.47 Å². The van der Waals surface area contributed by atoms with Crippen molar-refractivity contribution in [1.29, 1.82) is 0 Å². The van der Waals surface area contributed by atoms with Crippen molar-refractivity contribution in [3.05, 3.63) is 118 Å². The smallest absolute Gasteiger partial charge is 0.335 e. The second-order valence-electron chi connectivity index (χ2n) is 14.5. The third-order valence-electron chi connectivity index (χ3n) is 9.40. The van der Waals surface area contributed by atoms with Crippen LogP contribution in [0.2, 0.25) is 0 Å². The van der Waals surface area contributed by atoms with Gasteiger partial charge in [0.15, 0.2) is 23.1 Å². The summed E-state index contributed by atoms with van der Waals surface area (Å²) in [5.41, 5.74) is 6.08. The number of carbonyl (C=O) groups is 3. The summed E-state index contributed by atoms with van der Waals surface area (Å²) in [4.78, 5) is 42.0. The monoisotopic (exact) mass is 633 g/mol.